The largest absolute Gasteiger partial charge is 0.494 e. The molecule has 0 bridgehead atoms. The molecule has 0 unspecified atom stereocenters. The summed E-state index contributed by atoms with van der Waals surface area (Å²) in [7, 11) is 1.49. The van der Waals surface area contributed by atoms with Gasteiger partial charge in [-0.25, -0.2) is 15.6 Å². The highest BCUT2D eigenvalue weighted by Crippen LogP contribution is 2.37. The molecule has 0 spiro atoms. The van der Waals surface area contributed by atoms with Crippen molar-refractivity contribution in [2.24, 2.45) is 5.84 Å². The first kappa shape index (κ1) is 12.9. The molecule has 3 N–H and O–H groups in total. The zero-order chi connectivity index (χ0) is 13.8. The number of methoxy groups -OCH3 is 1. The number of anilines is 1. The summed E-state index contributed by atoms with van der Waals surface area (Å²) in [5, 5.41) is 9.61. The number of nitrogens with two attached hydrogens (primary N) is 1. The van der Waals surface area contributed by atoms with Crippen molar-refractivity contribution in [3.63, 3.8) is 0 Å². The van der Waals surface area contributed by atoms with Crippen LogP contribution in [-0.2, 0) is 0 Å². The molecular weight excluding hydrogens is 244 g/mol. The molecule has 2 aromatic rings. The maximum Gasteiger partial charge on any atom is 0.426 e. The van der Waals surface area contributed by atoms with E-state index in [2.05, 4.69) is 0 Å². The van der Waals surface area contributed by atoms with Gasteiger partial charge in [-0.2, -0.15) is 0 Å². The fraction of sp³-hybridized carbons (Fsp3) is 0.0714. The molecular formula is C14H14N2O3. The number of benzene rings is 2. The third-order valence-corrected chi connectivity index (χ3v) is 2.75. The maximum absolute atomic E-state index is 11.0. The van der Waals surface area contributed by atoms with E-state index in [4.69, 9.17) is 15.7 Å². The highest BCUT2D eigenvalue weighted by atomic mass is 16.5. The second kappa shape index (κ2) is 5.41. The Morgan fingerprint density at radius 3 is 2.42 bits per heavy atom. The molecule has 0 saturated heterocycles. The minimum absolute atomic E-state index is 0.302. The van der Waals surface area contributed by atoms with E-state index in [1.54, 1.807) is 12.1 Å². The molecule has 0 radical (unpaired) electrons. The third-order valence-electron chi connectivity index (χ3n) is 2.75. The molecule has 19 heavy (non-hydrogen) atoms. The Kier molecular flexibility index (Phi) is 3.68. The molecule has 0 aliphatic heterocycles. The minimum Gasteiger partial charge on any atom is -0.494 e. The zero-order valence-corrected chi connectivity index (χ0v) is 10.4. The van der Waals surface area contributed by atoms with Crippen LogP contribution in [0.15, 0.2) is 48.5 Å². The number of nitrogens with zero attached hydrogens (tertiary/aromatic N) is 1. The number of ether oxygens (including phenoxy) is 1. The number of amides is 1. The summed E-state index contributed by atoms with van der Waals surface area (Å²) in [6.45, 7) is 0. The third kappa shape index (κ3) is 2.51. The van der Waals surface area contributed by atoms with Gasteiger partial charge in [0.15, 0.2) is 5.75 Å². The van der Waals surface area contributed by atoms with Gasteiger partial charge in [-0.3, -0.25) is 0 Å². The fourth-order valence-corrected chi connectivity index (χ4v) is 1.88. The van der Waals surface area contributed by atoms with Crippen molar-refractivity contribution in [1.29, 1.82) is 0 Å². The van der Waals surface area contributed by atoms with Crippen molar-refractivity contribution in [2.75, 3.05) is 12.1 Å². The van der Waals surface area contributed by atoms with Crippen molar-refractivity contribution >= 4 is 11.8 Å². The van der Waals surface area contributed by atoms with Crippen molar-refractivity contribution < 1.29 is 14.6 Å². The van der Waals surface area contributed by atoms with Gasteiger partial charge >= 0.3 is 6.09 Å². The summed E-state index contributed by atoms with van der Waals surface area (Å²) in [4.78, 5) is 11.0. The first-order valence-corrected chi connectivity index (χ1v) is 5.65. The summed E-state index contributed by atoms with van der Waals surface area (Å²) in [6.07, 6.45) is -1.25. The molecule has 5 nitrogen and oxygen atoms in total. The van der Waals surface area contributed by atoms with E-state index in [0.29, 0.717) is 16.4 Å². The van der Waals surface area contributed by atoms with Crippen LogP contribution < -0.4 is 15.6 Å². The van der Waals surface area contributed by atoms with E-state index >= 15 is 0 Å². The summed E-state index contributed by atoms with van der Waals surface area (Å²) >= 11 is 0. The number of hydrazine groups is 1. The molecule has 2 aromatic carbocycles. The Bertz CT molecular complexity index is 584. The van der Waals surface area contributed by atoms with Gasteiger partial charge in [0.1, 0.15) is 5.69 Å². The molecule has 0 aromatic heterocycles. The van der Waals surface area contributed by atoms with Crippen molar-refractivity contribution in [2.45, 2.75) is 0 Å². The van der Waals surface area contributed by atoms with Gasteiger partial charge in [0.25, 0.3) is 0 Å². The molecule has 5 heteroatoms. The molecule has 0 atom stereocenters. The van der Waals surface area contributed by atoms with E-state index in [-0.39, 0.29) is 0 Å². The van der Waals surface area contributed by atoms with E-state index in [1.807, 2.05) is 36.4 Å². The number of para-hydroxylation sites is 1. The summed E-state index contributed by atoms with van der Waals surface area (Å²) in [5.41, 5.74) is 2.02. The fourth-order valence-electron chi connectivity index (χ4n) is 1.88. The lowest BCUT2D eigenvalue weighted by Crippen LogP contribution is -2.36. The standard InChI is InChI=1S/C14H14N2O3/c1-19-13-11(10-6-3-2-4-7-10)8-5-9-12(13)16(15)14(17)18/h2-9H,15H2,1H3,(H,17,18). The van der Waals surface area contributed by atoms with Gasteiger partial charge in [-0.15, -0.1) is 0 Å². The van der Waals surface area contributed by atoms with E-state index in [9.17, 15) is 4.79 Å². The Hall–Kier alpha value is -2.53. The van der Waals surface area contributed by atoms with E-state index in [0.717, 1.165) is 11.1 Å². The monoisotopic (exact) mass is 258 g/mol. The Morgan fingerprint density at radius 1 is 1.16 bits per heavy atom. The Balaban J connectivity index is 2.58. The van der Waals surface area contributed by atoms with Gasteiger partial charge in [0.05, 0.1) is 7.11 Å². The second-order valence-corrected chi connectivity index (χ2v) is 3.88. The van der Waals surface area contributed by atoms with Crippen molar-refractivity contribution in [3.8, 4) is 16.9 Å². The first-order chi connectivity index (χ1) is 9.15. The quantitative estimate of drug-likeness (QED) is 0.504. The van der Waals surface area contributed by atoms with Crippen LogP contribution >= 0.6 is 0 Å². The maximum atomic E-state index is 11.0. The predicted octanol–water partition coefficient (Wildman–Crippen LogP) is 2.72. The van der Waals surface area contributed by atoms with Crippen LogP contribution in [0.3, 0.4) is 0 Å². The number of hydrogen-bond acceptors (Lipinski definition) is 3. The van der Waals surface area contributed by atoms with Gasteiger partial charge in [0, 0.05) is 5.56 Å². The molecule has 98 valence electrons. The highest BCUT2D eigenvalue weighted by molar-refractivity contribution is 5.90. The molecule has 0 saturated carbocycles. The summed E-state index contributed by atoms with van der Waals surface area (Å²) in [6, 6.07) is 14.7. The lowest BCUT2D eigenvalue weighted by molar-refractivity contribution is 0.201. The Morgan fingerprint density at radius 2 is 1.84 bits per heavy atom. The second-order valence-electron chi connectivity index (χ2n) is 3.88. The minimum atomic E-state index is -1.25. The number of carboxylic acid groups (broad SMARTS) is 1. The number of rotatable bonds is 3. The normalized spacial score (nSPS) is 10.0. The molecule has 0 aliphatic rings. The van der Waals surface area contributed by atoms with Gasteiger partial charge < -0.3 is 9.84 Å². The molecule has 0 heterocycles. The molecule has 0 fully saturated rings. The molecule has 0 aliphatic carbocycles. The van der Waals surface area contributed by atoms with Crippen LogP contribution in [0.1, 0.15) is 0 Å². The SMILES string of the molecule is COc1c(-c2ccccc2)cccc1N(N)C(=O)O. The van der Waals surface area contributed by atoms with Crippen LogP contribution in [0.2, 0.25) is 0 Å². The van der Waals surface area contributed by atoms with E-state index < -0.39 is 6.09 Å². The lowest BCUT2D eigenvalue weighted by atomic mass is 10.0. The highest BCUT2D eigenvalue weighted by Gasteiger charge is 2.18. The van der Waals surface area contributed by atoms with Gasteiger partial charge in [-0.05, 0) is 11.6 Å². The predicted molar refractivity (Wildman–Crippen MR) is 73.1 cm³/mol. The molecule has 2 rings (SSSR count). The number of hydrogen-bond donors (Lipinski definition) is 2. The average molecular weight is 258 g/mol. The lowest BCUT2D eigenvalue weighted by Gasteiger charge is -2.18. The van der Waals surface area contributed by atoms with Gasteiger partial charge in [-0.1, -0.05) is 42.5 Å². The summed E-state index contributed by atoms with van der Waals surface area (Å²) < 4.78 is 5.32. The van der Waals surface area contributed by atoms with Crippen LogP contribution in [0.5, 0.6) is 5.75 Å². The molecule has 1 amide bonds. The zero-order valence-electron chi connectivity index (χ0n) is 10.4. The van der Waals surface area contributed by atoms with E-state index in [1.165, 1.54) is 7.11 Å². The van der Waals surface area contributed by atoms with Crippen LogP contribution in [0.25, 0.3) is 11.1 Å². The first-order valence-electron chi connectivity index (χ1n) is 5.65. The van der Waals surface area contributed by atoms with Crippen molar-refractivity contribution in [3.05, 3.63) is 48.5 Å². The average Bonchev–Trinajstić information content (AvgIpc) is 2.46. The Labute approximate surface area is 110 Å². The van der Waals surface area contributed by atoms with Crippen molar-refractivity contribution in [1.82, 2.24) is 0 Å². The van der Waals surface area contributed by atoms with Crippen LogP contribution in [0.4, 0.5) is 10.5 Å². The van der Waals surface area contributed by atoms with Gasteiger partial charge in [0.2, 0.25) is 0 Å². The van der Waals surface area contributed by atoms with Crippen LogP contribution in [0, 0.1) is 0 Å². The van der Waals surface area contributed by atoms with Crippen LogP contribution in [-0.4, -0.2) is 18.3 Å². The smallest absolute Gasteiger partial charge is 0.426 e. The topological polar surface area (TPSA) is 75.8 Å². The number of carbonyl (C=O) groups is 1. The summed E-state index contributed by atoms with van der Waals surface area (Å²) in [5.74, 6) is 5.94.